The van der Waals surface area contributed by atoms with Gasteiger partial charge in [0, 0.05) is 18.8 Å². The minimum Gasteiger partial charge on any atom is -0.444 e. The molecule has 1 heterocycles. The maximum absolute atomic E-state index is 12.6. The number of nitrogens with one attached hydrogen (secondary N) is 1. The van der Waals surface area contributed by atoms with Crippen LogP contribution in [0.15, 0.2) is 24.3 Å². The van der Waals surface area contributed by atoms with Gasteiger partial charge in [0.25, 0.3) is 0 Å². The molecule has 1 aromatic carbocycles. The highest BCUT2D eigenvalue weighted by molar-refractivity contribution is 5.68. The molecule has 0 radical (unpaired) electrons. The number of halogens is 3. The number of rotatable bonds is 2. The van der Waals surface area contributed by atoms with Crippen LogP contribution in [0, 0.1) is 0 Å². The summed E-state index contributed by atoms with van der Waals surface area (Å²) >= 11 is 0. The van der Waals surface area contributed by atoms with Gasteiger partial charge in [-0.15, -0.1) is 0 Å². The predicted molar refractivity (Wildman–Crippen MR) is 81.4 cm³/mol. The van der Waals surface area contributed by atoms with Crippen molar-refractivity contribution >= 4 is 11.8 Å². The minimum absolute atomic E-state index is 0.0767. The van der Waals surface area contributed by atoms with Crippen molar-refractivity contribution in [3.63, 3.8) is 0 Å². The Morgan fingerprint density at radius 2 is 1.83 bits per heavy atom. The van der Waals surface area contributed by atoms with Crippen molar-refractivity contribution in [3.05, 3.63) is 29.8 Å². The summed E-state index contributed by atoms with van der Waals surface area (Å²) in [6, 6.07) is 4.98. The van der Waals surface area contributed by atoms with Gasteiger partial charge in [0.2, 0.25) is 0 Å². The van der Waals surface area contributed by atoms with Crippen molar-refractivity contribution in [1.82, 2.24) is 5.32 Å². The first kappa shape index (κ1) is 17.4. The van der Waals surface area contributed by atoms with Gasteiger partial charge >= 0.3 is 12.3 Å². The largest absolute Gasteiger partial charge is 0.444 e. The number of alkyl carbamates (subject to hydrolysis) is 1. The zero-order chi connectivity index (χ0) is 17.3. The fraction of sp³-hybridized carbons (Fsp3) is 0.562. The van der Waals surface area contributed by atoms with Crippen LogP contribution >= 0.6 is 0 Å². The maximum Gasteiger partial charge on any atom is 0.416 e. The zero-order valence-electron chi connectivity index (χ0n) is 13.4. The molecule has 7 heteroatoms. The van der Waals surface area contributed by atoms with Gasteiger partial charge in [-0.25, -0.2) is 4.79 Å². The summed E-state index contributed by atoms with van der Waals surface area (Å²) in [6.07, 6.45) is -4.08. The molecular weight excluding hydrogens is 309 g/mol. The quantitative estimate of drug-likeness (QED) is 0.896. The van der Waals surface area contributed by atoms with Gasteiger partial charge in [0.05, 0.1) is 11.6 Å². The predicted octanol–water partition coefficient (Wildman–Crippen LogP) is 3.81. The van der Waals surface area contributed by atoms with Crippen molar-refractivity contribution in [3.8, 4) is 0 Å². The number of hydrogen-bond acceptors (Lipinski definition) is 3. The van der Waals surface area contributed by atoms with Crippen molar-refractivity contribution < 1.29 is 22.7 Å². The van der Waals surface area contributed by atoms with E-state index in [1.807, 2.05) is 4.90 Å². The molecule has 1 aromatic rings. The highest BCUT2D eigenvalue weighted by atomic mass is 19.4. The second-order valence-electron chi connectivity index (χ2n) is 6.62. The second-order valence-corrected chi connectivity index (χ2v) is 6.62. The average Bonchev–Trinajstić information content (AvgIpc) is 2.84. The van der Waals surface area contributed by atoms with Crippen LogP contribution in [-0.4, -0.2) is 30.8 Å². The lowest BCUT2D eigenvalue weighted by Crippen LogP contribution is -2.40. The van der Waals surface area contributed by atoms with E-state index >= 15 is 0 Å². The molecule has 0 aromatic heterocycles. The van der Waals surface area contributed by atoms with Gasteiger partial charge in [0.1, 0.15) is 5.60 Å². The average molecular weight is 330 g/mol. The molecule has 0 unspecified atom stereocenters. The molecule has 1 aliphatic heterocycles. The number of anilines is 1. The summed E-state index contributed by atoms with van der Waals surface area (Å²) in [4.78, 5) is 13.7. The molecule has 1 saturated heterocycles. The third kappa shape index (κ3) is 5.04. The van der Waals surface area contributed by atoms with Crippen LogP contribution in [0.2, 0.25) is 0 Å². The van der Waals surface area contributed by atoms with E-state index in [1.165, 1.54) is 12.1 Å². The van der Waals surface area contributed by atoms with Gasteiger partial charge in [-0.1, -0.05) is 0 Å². The summed E-state index contributed by atoms with van der Waals surface area (Å²) in [7, 11) is 0. The fourth-order valence-corrected chi connectivity index (χ4v) is 2.45. The first-order valence-corrected chi connectivity index (χ1v) is 7.46. The van der Waals surface area contributed by atoms with E-state index in [4.69, 9.17) is 4.74 Å². The molecule has 128 valence electrons. The molecule has 2 rings (SSSR count). The third-order valence-electron chi connectivity index (χ3n) is 3.47. The molecule has 0 saturated carbocycles. The molecule has 0 spiro atoms. The molecule has 0 aliphatic carbocycles. The molecule has 4 nitrogen and oxygen atoms in total. The molecule has 1 amide bonds. The highest BCUT2D eigenvalue weighted by Crippen LogP contribution is 2.31. The monoisotopic (exact) mass is 330 g/mol. The standard InChI is InChI=1S/C16H21F3N2O2/c1-15(2,3)23-14(22)20-12-8-9-21(10-12)13-6-4-11(5-7-13)16(17,18)19/h4-7,12H,8-10H2,1-3H3,(H,20,22)/t12-/m0/s1. The molecular formula is C16H21F3N2O2. The van der Waals surface area contributed by atoms with Crippen LogP contribution in [0.4, 0.5) is 23.7 Å². The zero-order valence-corrected chi connectivity index (χ0v) is 13.4. The summed E-state index contributed by atoms with van der Waals surface area (Å²) in [5.41, 5.74) is -0.508. The lowest BCUT2D eigenvalue weighted by atomic mass is 10.2. The van der Waals surface area contributed by atoms with Gasteiger partial charge in [-0.3, -0.25) is 0 Å². The molecule has 1 atom stereocenters. The maximum atomic E-state index is 12.6. The van der Waals surface area contributed by atoms with Crippen LogP contribution in [0.1, 0.15) is 32.8 Å². The number of nitrogens with zero attached hydrogens (tertiary/aromatic N) is 1. The summed E-state index contributed by atoms with van der Waals surface area (Å²) < 4.78 is 42.9. The molecule has 23 heavy (non-hydrogen) atoms. The Labute approximate surface area is 133 Å². The van der Waals surface area contributed by atoms with Crippen LogP contribution in [-0.2, 0) is 10.9 Å². The second kappa shape index (κ2) is 6.29. The number of alkyl halides is 3. The van der Waals surface area contributed by atoms with Crippen LogP contribution in [0.3, 0.4) is 0 Å². The van der Waals surface area contributed by atoms with E-state index in [0.717, 1.165) is 18.6 Å². The van der Waals surface area contributed by atoms with Crippen LogP contribution < -0.4 is 10.2 Å². The molecule has 1 fully saturated rings. The molecule has 1 N–H and O–H groups in total. The third-order valence-corrected chi connectivity index (χ3v) is 3.47. The van der Waals surface area contributed by atoms with Crippen molar-refractivity contribution in [2.45, 2.75) is 45.0 Å². The number of benzene rings is 1. The highest BCUT2D eigenvalue weighted by Gasteiger charge is 2.31. The van der Waals surface area contributed by atoms with Gasteiger partial charge < -0.3 is 15.0 Å². The lowest BCUT2D eigenvalue weighted by molar-refractivity contribution is -0.137. The van der Waals surface area contributed by atoms with Gasteiger partial charge in [-0.2, -0.15) is 13.2 Å². The number of carbonyl (C=O) groups is 1. The number of ether oxygens (including phenoxy) is 1. The topological polar surface area (TPSA) is 41.6 Å². The normalized spacial score (nSPS) is 18.9. The number of amides is 1. The lowest BCUT2D eigenvalue weighted by Gasteiger charge is -2.22. The van der Waals surface area contributed by atoms with Crippen molar-refractivity contribution in [2.75, 3.05) is 18.0 Å². The smallest absolute Gasteiger partial charge is 0.416 e. The van der Waals surface area contributed by atoms with Gasteiger partial charge in [-0.05, 0) is 51.5 Å². The minimum atomic E-state index is -4.33. The van der Waals surface area contributed by atoms with Crippen LogP contribution in [0.5, 0.6) is 0 Å². The Bertz CT molecular complexity index is 550. The number of hydrogen-bond donors (Lipinski definition) is 1. The Morgan fingerprint density at radius 3 is 2.35 bits per heavy atom. The Morgan fingerprint density at radius 1 is 1.22 bits per heavy atom. The van der Waals surface area contributed by atoms with Crippen molar-refractivity contribution in [1.29, 1.82) is 0 Å². The van der Waals surface area contributed by atoms with E-state index in [2.05, 4.69) is 5.32 Å². The molecule has 1 aliphatic rings. The van der Waals surface area contributed by atoms with Crippen molar-refractivity contribution in [2.24, 2.45) is 0 Å². The van der Waals surface area contributed by atoms with E-state index in [-0.39, 0.29) is 6.04 Å². The Hall–Kier alpha value is -1.92. The summed E-state index contributed by atoms with van der Waals surface area (Å²) in [6.45, 7) is 6.58. The van der Waals surface area contributed by atoms with E-state index in [9.17, 15) is 18.0 Å². The van der Waals surface area contributed by atoms with Gasteiger partial charge in [0.15, 0.2) is 0 Å². The molecule has 0 bridgehead atoms. The summed E-state index contributed by atoms with van der Waals surface area (Å²) in [5, 5.41) is 2.79. The van der Waals surface area contributed by atoms with Crippen LogP contribution in [0.25, 0.3) is 0 Å². The Kier molecular flexibility index (Phi) is 4.77. The van der Waals surface area contributed by atoms with E-state index < -0.39 is 23.4 Å². The Balaban J connectivity index is 1.91. The summed E-state index contributed by atoms with van der Waals surface area (Å²) in [5.74, 6) is 0. The SMILES string of the molecule is CC(C)(C)OC(=O)N[C@H]1CCN(c2ccc(C(F)(F)F)cc2)C1. The number of carbonyl (C=O) groups excluding carboxylic acids is 1. The van der Waals surface area contributed by atoms with E-state index in [0.29, 0.717) is 18.8 Å². The fourth-order valence-electron chi connectivity index (χ4n) is 2.45. The first-order valence-electron chi connectivity index (χ1n) is 7.46. The van der Waals surface area contributed by atoms with E-state index in [1.54, 1.807) is 20.8 Å². The first-order chi connectivity index (χ1) is 10.5.